The van der Waals surface area contributed by atoms with Gasteiger partial charge in [-0.3, -0.25) is 9.97 Å². The molecule has 0 radical (unpaired) electrons. The van der Waals surface area contributed by atoms with Gasteiger partial charge in [0, 0.05) is 22.7 Å². The number of pyridine rings is 2. The third kappa shape index (κ3) is 7.20. The summed E-state index contributed by atoms with van der Waals surface area (Å²) in [6, 6.07) is 56.9. The average Bonchev–Trinajstić information content (AvgIpc) is 3.54. The molecule has 3 heterocycles. The second-order valence-corrected chi connectivity index (χ2v) is 16.7. The SMILES string of the molecule is CC(C)(C)c1ccc([N-]c2ccc(C(C)(C)C)cc2-c2cc3ccccc3c(-c3[c-]cccc3)n2)c(-c2cc3c(cn2)c2ccccc2n3-c2ccccc2)c1.[Pt+2]. The summed E-state index contributed by atoms with van der Waals surface area (Å²) in [5.74, 6) is 0. The van der Waals surface area contributed by atoms with Crippen molar-refractivity contribution in [3.8, 4) is 39.5 Å². The minimum absolute atomic E-state index is 0. The molecule has 4 nitrogen and oxygen atoms in total. The van der Waals surface area contributed by atoms with Crippen LogP contribution >= 0.6 is 0 Å². The quantitative estimate of drug-likeness (QED) is 0.156. The predicted molar refractivity (Wildman–Crippen MR) is 236 cm³/mol. The fraction of sp³-hybridized carbons (Fsp3) is 0.154. The Bertz CT molecular complexity index is 2900. The number of benzene rings is 6. The molecular weight excluding hydrogens is 876 g/mol. The van der Waals surface area contributed by atoms with Crippen LogP contribution in [0.3, 0.4) is 0 Å². The summed E-state index contributed by atoms with van der Waals surface area (Å²) in [5.41, 5.74) is 13.0. The van der Waals surface area contributed by atoms with Crippen molar-refractivity contribution in [2.24, 2.45) is 0 Å². The van der Waals surface area contributed by atoms with E-state index in [1.165, 1.54) is 16.5 Å². The number of hydrogen-bond acceptors (Lipinski definition) is 2. The van der Waals surface area contributed by atoms with Crippen LogP contribution in [0, 0.1) is 6.07 Å². The fourth-order valence-electron chi connectivity index (χ4n) is 7.69. The van der Waals surface area contributed by atoms with Gasteiger partial charge in [-0.05, 0) is 79.9 Å². The first kappa shape index (κ1) is 38.1. The molecule has 282 valence electrons. The van der Waals surface area contributed by atoms with E-state index < -0.39 is 0 Å². The number of aromatic nitrogens is 3. The van der Waals surface area contributed by atoms with Crippen molar-refractivity contribution in [2.75, 3.05) is 0 Å². The van der Waals surface area contributed by atoms with E-state index in [-0.39, 0.29) is 31.9 Å². The number of hydrogen-bond donors (Lipinski definition) is 0. The normalized spacial score (nSPS) is 11.9. The summed E-state index contributed by atoms with van der Waals surface area (Å²) in [5, 5.41) is 10.0. The Morgan fingerprint density at radius 3 is 1.82 bits per heavy atom. The Morgan fingerprint density at radius 2 is 1.16 bits per heavy atom. The van der Waals surface area contributed by atoms with Crippen molar-refractivity contribution in [3.05, 3.63) is 180 Å². The van der Waals surface area contributed by atoms with Crippen LogP contribution in [0.25, 0.3) is 77.4 Å². The first-order chi connectivity index (χ1) is 27.0. The van der Waals surface area contributed by atoms with Gasteiger partial charge in [0.05, 0.1) is 22.4 Å². The Morgan fingerprint density at radius 1 is 0.544 bits per heavy atom. The molecule has 0 aliphatic carbocycles. The van der Waals surface area contributed by atoms with Crippen LogP contribution in [0.1, 0.15) is 52.7 Å². The Balaban J connectivity index is 0.00000455. The van der Waals surface area contributed by atoms with Crippen molar-refractivity contribution in [3.63, 3.8) is 0 Å². The van der Waals surface area contributed by atoms with Crippen LogP contribution in [-0.2, 0) is 31.9 Å². The molecule has 0 N–H and O–H groups in total. The molecule has 0 saturated carbocycles. The molecule has 0 saturated heterocycles. The number of fused-ring (bicyclic) bond motifs is 4. The van der Waals surface area contributed by atoms with Crippen molar-refractivity contribution in [2.45, 2.75) is 52.4 Å². The van der Waals surface area contributed by atoms with Gasteiger partial charge >= 0.3 is 21.1 Å². The van der Waals surface area contributed by atoms with Crippen molar-refractivity contribution < 1.29 is 21.1 Å². The van der Waals surface area contributed by atoms with Crippen LogP contribution < -0.4 is 0 Å². The molecular formula is C52H44N4Pt. The van der Waals surface area contributed by atoms with E-state index in [9.17, 15) is 0 Å². The van der Waals surface area contributed by atoms with E-state index in [4.69, 9.17) is 15.3 Å². The Kier molecular flexibility index (Phi) is 9.96. The van der Waals surface area contributed by atoms with Gasteiger partial charge in [-0.15, -0.1) is 47.3 Å². The molecule has 57 heavy (non-hydrogen) atoms. The monoisotopic (exact) mass is 919 g/mol. The molecule has 0 aliphatic rings. The third-order valence-corrected chi connectivity index (χ3v) is 10.8. The number of para-hydroxylation sites is 2. The summed E-state index contributed by atoms with van der Waals surface area (Å²) >= 11 is 0. The van der Waals surface area contributed by atoms with Crippen molar-refractivity contribution in [1.82, 2.24) is 14.5 Å². The van der Waals surface area contributed by atoms with Gasteiger partial charge in [-0.25, -0.2) is 0 Å². The standard InChI is InChI=1S/C52H44N4.Pt/c1-51(2,3)36-25-27-44(41(30-36)46-32-49-43(33-53-46)40-23-15-16-24-48(40)56(49)38-20-11-8-12-21-38)54-45-28-26-37(52(4,5)6)31-42(45)47-29-35-19-13-14-22-39(35)50(55-47)34-17-9-7-10-18-34;/h7-17,19-33H,1-6H3;/q-2;+2. The molecule has 0 fully saturated rings. The Labute approximate surface area is 349 Å². The van der Waals surface area contributed by atoms with Gasteiger partial charge in [0.1, 0.15) is 0 Å². The summed E-state index contributed by atoms with van der Waals surface area (Å²) < 4.78 is 2.34. The zero-order chi connectivity index (χ0) is 38.6. The minimum Gasteiger partial charge on any atom is -0.657 e. The molecule has 9 rings (SSSR count). The van der Waals surface area contributed by atoms with Crippen LogP contribution in [0.2, 0.25) is 0 Å². The molecule has 9 aromatic rings. The maximum Gasteiger partial charge on any atom is 2.00 e. The summed E-state index contributed by atoms with van der Waals surface area (Å²) in [6.07, 6.45) is 2.03. The van der Waals surface area contributed by atoms with Gasteiger partial charge in [0.2, 0.25) is 0 Å². The van der Waals surface area contributed by atoms with Gasteiger partial charge in [-0.2, -0.15) is 0 Å². The molecule has 0 aliphatic heterocycles. The second kappa shape index (κ2) is 14.9. The van der Waals surface area contributed by atoms with Crippen LogP contribution in [0.5, 0.6) is 0 Å². The third-order valence-electron chi connectivity index (χ3n) is 10.8. The first-order valence-corrected chi connectivity index (χ1v) is 19.4. The van der Waals surface area contributed by atoms with Crippen molar-refractivity contribution in [1.29, 1.82) is 0 Å². The van der Waals surface area contributed by atoms with E-state index in [1.807, 2.05) is 24.4 Å². The van der Waals surface area contributed by atoms with Gasteiger partial charge < -0.3 is 9.88 Å². The number of rotatable bonds is 6. The minimum atomic E-state index is -0.0737. The maximum absolute atomic E-state index is 5.53. The molecule has 0 amide bonds. The second-order valence-electron chi connectivity index (χ2n) is 16.7. The van der Waals surface area contributed by atoms with Crippen LogP contribution in [0.15, 0.2) is 158 Å². The van der Waals surface area contributed by atoms with Gasteiger partial charge in [0.15, 0.2) is 0 Å². The largest absolute Gasteiger partial charge is 2.00 e. The van der Waals surface area contributed by atoms with Gasteiger partial charge in [-0.1, -0.05) is 139 Å². The molecule has 0 atom stereocenters. The van der Waals surface area contributed by atoms with E-state index >= 15 is 0 Å². The summed E-state index contributed by atoms with van der Waals surface area (Å²) in [4.78, 5) is 10.6. The fourth-order valence-corrected chi connectivity index (χ4v) is 7.69. The van der Waals surface area contributed by atoms with E-state index in [0.717, 1.165) is 78.0 Å². The average molecular weight is 920 g/mol. The topological polar surface area (TPSA) is 44.8 Å². The Hall–Kier alpha value is -5.83. The molecule has 6 aromatic carbocycles. The zero-order valence-electron chi connectivity index (χ0n) is 33.1. The molecule has 5 heteroatoms. The molecule has 0 spiro atoms. The molecule has 0 unspecified atom stereocenters. The zero-order valence-corrected chi connectivity index (χ0v) is 35.4. The molecule has 3 aromatic heterocycles. The van der Waals surface area contributed by atoms with Crippen molar-refractivity contribution >= 4 is 44.0 Å². The van der Waals surface area contributed by atoms with Crippen LogP contribution in [-0.4, -0.2) is 14.5 Å². The predicted octanol–water partition coefficient (Wildman–Crippen LogP) is 14.5. The summed E-state index contributed by atoms with van der Waals surface area (Å²) in [6.45, 7) is 13.5. The maximum atomic E-state index is 5.53. The smallest absolute Gasteiger partial charge is 0.657 e. The van der Waals surface area contributed by atoms with E-state index in [1.54, 1.807) is 0 Å². The summed E-state index contributed by atoms with van der Waals surface area (Å²) in [7, 11) is 0. The number of nitrogens with zero attached hydrogens (tertiary/aromatic N) is 4. The molecule has 0 bridgehead atoms. The first-order valence-electron chi connectivity index (χ1n) is 19.4. The van der Waals surface area contributed by atoms with E-state index in [2.05, 4.69) is 186 Å². The van der Waals surface area contributed by atoms with Gasteiger partial charge in [0.25, 0.3) is 0 Å². The van der Waals surface area contributed by atoms with E-state index in [0.29, 0.717) is 0 Å². The van der Waals surface area contributed by atoms with Crippen LogP contribution in [0.4, 0.5) is 11.4 Å².